The minimum Gasteiger partial charge on any atom is -0.398 e. The zero-order valence-electron chi connectivity index (χ0n) is 11.7. The SMILES string of the molecule is Cc1nn(C)cc1CNC(=O)c1cc(Br)cc(N)c1C. The second-order valence-electron chi connectivity index (χ2n) is 4.76. The lowest BCUT2D eigenvalue weighted by atomic mass is 10.1. The van der Waals surface area contributed by atoms with Gasteiger partial charge in [0.05, 0.1) is 5.69 Å². The van der Waals surface area contributed by atoms with Crippen molar-refractivity contribution in [1.29, 1.82) is 0 Å². The molecule has 0 saturated heterocycles. The normalized spacial score (nSPS) is 10.6. The number of rotatable bonds is 3. The van der Waals surface area contributed by atoms with Gasteiger partial charge in [0, 0.05) is 41.1 Å². The van der Waals surface area contributed by atoms with Gasteiger partial charge in [0.2, 0.25) is 0 Å². The molecule has 0 atom stereocenters. The Balaban J connectivity index is 2.15. The first-order valence-corrected chi connectivity index (χ1v) is 7.00. The van der Waals surface area contributed by atoms with Crippen LogP contribution in [0.25, 0.3) is 0 Å². The Kier molecular flexibility index (Phi) is 4.13. The van der Waals surface area contributed by atoms with Gasteiger partial charge in [-0.3, -0.25) is 9.48 Å². The number of aryl methyl sites for hydroxylation is 2. The topological polar surface area (TPSA) is 72.9 Å². The minimum absolute atomic E-state index is 0.140. The van der Waals surface area contributed by atoms with Crippen LogP contribution in [0, 0.1) is 13.8 Å². The highest BCUT2D eigenvalue weighted by atomic mass is 79.9. The molecule has 0 bridgehead atoms. The fourth-order valence-corrected chi connectivity index (χ4v) is 2.50. The quantitative estimate of drug-likeness (QED) is 0.844. The summed E-state index contributed by atoms with van der Waals surface area (Å²) in [7, 11) is 1.86. The fourth-order valence-electron chi connectivity index (χ4n) is 2.03. The van der Waals surface area contributed by atoms with Crippen molar-refractivity contribution in [3.8, 4) is 0 Å². The molecule has 0 aliphatic carbocycles. The molecular weight excluding hydrogens is 320 g/mol. The van der Waals surface area contributed by atoms with Crippen LogP contribution >= 0.6 is 15.9 Å². The van der Waals surface area contributed by atoms with E-state index in [1.807, 2.05) is 27.1 Å². The van der Waals surface area contributed by atoms with E-state index in [9.17, 15) is 4.79 Å². The standard InChI is InChI=1S/C14H17BrN4O/c1-8-12(4-11(15)5-13(8)16)14(20)17-6-10-7-19(3)18-9(10)2/h4-5,7H,6,16H2,1-3H3,(H,17,20). The zero-order chi connectivity index (χ0) is 14.9. The van der Waals surface area contributed by atoms with Crippen molar-refractivity contribution in [3.63, 3.8) is 0 Å². The highest BCUT2D eigenvalue weighted by Gasteiger charge is 2.13. The third-order valence-corrected chi connectivity index (χ3v) is 3.67. The zero-order valence-corrected chi connectivity index (χ0v) is 13.3. The van der Waals surface area contributed by atoms with E-state index in [0.29, 0.717) is 17.8 Å². The van der Waals surface area contributed by atoms with Gasteiger partial charge in [0.15, 0.2) is 0 Å². The van der Waals surface area contributed by atoms with E-state index in [2.05, 4.69) is 26.3 Å². The van der Waals surface area contributed by atoms with E-state index < -0.39 is 0 Å². The number of hydrogen-bond acceptors (Lipinski definition) is 3. The van der Waals surface area contributed by atoms with E-state index in [1.165, 1.54) is 0 Å². The van der Waals surface area contributed by atoms with Gasteiger partial charge in [-0.05, 0) is 31.5 Å². The molecule has 0 fully saturated rings. The number of benzene rings is 1. The Hall–Kier alpha value is -1.82. The number of nitrogen functional groups attached to an aromatic ring is 1. The Morgan fingerprint density at radius 3 is 2.75 bits per heavy atom. The molecule has 1 amide bonds. The lowest BCUT2D eigenvalue weighted by molar-refractivity contribution is 0.0950. The Morgan fingerprint density at radius 2 is 2.15 bits per heavy atom. The second-order valence-corrected chi connectivity index (χ2v) is 5.68. The van der Waals surface area contributed by atoms with E-state index in [0.717, 1.165) is 21.3 Å². The van der Waals surface area contributed by atoms with Gasteiger partial charge in [-0.25, -0.2) is 0 Å². The first-order valence-electron chi connectivity index (χ1n) is 6.21. The van der Waals surface area contributed by atoms with Gasteiger partial charge >= 0.3 is 0 Å². The number of nitrogens with zero attached hydrogens (tertiary/aromatic N) is 2. The molecule has 0 radical (unpaired) electrons. The van der Waals surface area contributed by atoms with Crippen LogP contribution < -0.4 is 11.1 Å². The van der Waals surface area contributed by atoms with Crippen molar-refractivity contribution in [2.75, 3.05) is 5.73 Å². The molecule has 5 nitrogen and oxygen atoms in total. The van der Waals surface area contributed by atoms with Crippen LogP contribution in [-0.4, -0.2) is 15.7 Å². The van der Waals surface area contributed by atoms with Gasteiger partial charge in [0.1, 0.15) is 0 Å². The molecule has 0 aliphatic rings. The number of hydrogen-bond donors (Lipinski definition) is 2. The molecule has 1 aromatic carbocycles. The summed E-state index contributed by atoms with van der Waals surface area (Å²) < 4.78 is 2.53. The molecule has 106 valence electrons. The summed E-state index contributed by atoms with van der Waals surface area (Å²) in [5.41, 5.74) is 9.75. The van der Waals surface area contributed by atoms with Crippen molar-refractivity contribution in [2.24, 2.45) is 7.05 Å². The van der Waals surface area contributed by atoms with Crippen LogP contribution in [0.1, 0.15) is 27.2 Å². The predicted molar refractivity (Wildman–Crippen MR) is 82.4 cm³/mol. The maximum absolute atomic E-state index is 12.2. The van der Waals surface area contributed by atoms with Crippen molar-refractivity contribution < 1.29 is 4.79 Å². The van der Waals surface area contributed by atoms with E-state index in [1.54, 1.807) is 16.8 Å². The van der Waals surface area contributed by atoms with Crippen LogP contribution in [0.5, 0.6) is 0 Å². The van der Waals surface area contributed by atoms with E-state index >= 15 is 0 Å². The maximum Gasteiger partial charge on any atom is 0.251 e. The van der Waals surface area contributed by atoms with E-state index in [4.69, 9.17) is 5.73 Å². The van der Waals surface area contributed by atoms with Gasteiger partial charge in [-0.2, -0.15) is 5.10 Å². The molecule has 0 saturated carbocycles. The number of amides is 1. The van der Waals surface area contributed by atoms with Gasteiger partial charge in [-0.15, -0.1) is 0 Å². The van der Waals surface area contributed by atoms with Crippen LogP contribution in [0.2, 0.25) is 0 Å². The lowest BCUT2D eigenvalue weighted by Crippen LogP contribution is -2.24. The molecule has 2 rings (SSSR count). The molecule has 1 aromatic heterocycles. The van der Waals surface area contributed by atoms with E-state index in [-0.39, 0.29) is 5.91 Å². The Bertz CT molecular complexity index is 663. The number of anilines is 1. The highest BCUT2D eigenvalue weighted by molar-refractivity contribution is 9.10. The molecule has 20 heavy (non-hydrogen) atoms. The third-order valence-electron chi connectivity index (χ3n) is 3.21. The summed E-state index contributed by atoms with van der Waals surface area (Å²) in [5, 5.41) is 7.14. The number of halogens is 1. The predicted octanol–water partition coefficient (Wildman–Crippen LogP) is 2.31. The van der Waals surface area contributed by atoms with Gasteiger partial charge in [0.25, 0.3) is 5.91 Å². The average Bonchev–Trinajstić information content (AvgIpc) is 2.69. The monoisotopic (exact) mass is 336 g/mol. The third kappa shape index (κ3) is 3.01. The summed E-state index contributed by atoms with van der Waals surface area (Å²) in [6, 6.07) is 3.56. The van der Waals surface area contributed by atoms with Crippen LogP contribution in [0.3, 0.4) is 0 Å². The Labute approximate surface area is 126 Å². The Morgan fingerprint density at radius 1 is 1.45 bits per heavy atom. The van der Waals surface area contributed by atoms with Gasteiger partial charge < -0.3 is 11.1 Å². The van der Waals surface area contributed by atoms with Gasteiger partial charge in [-0.1, -0.05) is 15.9 Å². The molecule has 1 heterocycles. The fraction of sp³-hybridized carbons (Fsp3) is 0.286. The molecule has 6 heteroatoms. The first kappa shape index (κ1) is 14.6. The second kappa shape index (κ2) is 5.66. The van der Waals surface area contributed by atoms with Crippen LogP contribution in [0.15, 0.2) is 22.8 Å². The van der Waals surface area contributed by atoms with Crippen molar-refractivity contribution in [3.05, 3.63) is 45.2 Å². The largest absolute Gasteiger partial charge is 0.398 e. The lowest BCUT2D eigenvalue weighted by Gasteiger charge is -2.10. The average molecular weight is 337 g/mol. The number of aromatic nitrogens is 2. The molecule has 2 aromatic rings. The van der Waals surface area contributed by atoms with Crippen molar-refractivity contribution in [1.82, 2.24) is 15.1 Å². The number of carbonyl (C=O) groups is 1. The van der Waals surface area contributed by atoms with Crippen molar-refractivity contribution >= 4 is 27.5 Å². The molecule has 0 spiro atoms. The number of carbonyl (C=O) groups excluding carboxylic acids is 1. The van der Waals surface area contributed by atoms with Crippen molar-refractivity contribution in [2.45, 2.75) is 20.4 Å². The summed E-state index contributed by atoms with van der Waals surface area (Å²) in [6.07, 6.45) is 1.90. The smallest absolute Gasteiger partial charge is 0.251 e. The number of nitrogens with one attached hydrogen (secondary N) is 1. The molecule has 0 aliphatic heterocycles. The summed E-state index contributed by atoms with van der Waals surface area (Å²) in [6.45, 7) is 4.21. The molecule has 3 N–H and O–H groups in total. The van der Waals surface area contributed by atoms with Crippen LogP contribution in [0.4, 0.5) is 5.69 Å². The minimum atomic E-state index is -0.140. The summed E-state index contributed by atoms with van der Waals surface area (Å²) in [5.74, 6) is -0.140. The maximum atomic E-state index is 12.2. The first-order chi connectivity index (χ1) is 9.38. The highest BCUT2D eigenvalue weighted by Crippen LogP contribution is 2.22. The van der Waals surface area contributed by atoms with Crippen LogP contribution in [-0.2, 0) is 13.6 Å². The number of nitrogens with two attached hydrogens (primary N) is 1. The summed E-state index contributed by atoms with van der Waals surface area (Å²) >= 11 is 3.35. The molecule has 0 unspecified atom stereocenters. The summed E-state index contributed by atoms with van der Waals surface area (Å²) in [4.78, 5) is 12.2. The molecular formula is C14H17BrN4O.